The summed E-state index contributed by atoms with van der Waals surface area (Å²) in [5, 5.41) is 5.47. The van der Waals surface area contributed by atoms with Crippen LogP contribution >= 0.6 is 0 Å². The second-order valence-corrected chi connectivity index (χ2v) is 10.3. The van der Waals surface area contributed by atoms with Crippen molar-refractivity contribution < 1.29 is 14.3 Å². The number of piperazine rings is 1. The number of anilines is 2. The normalized spacial score (nSPS) is 19.9. The van der Waals surface area contributed by atoms with Gasteiger partial charge in [0.05, 0.1) is 29.4 Å². The molecule has 2 aromatic heterocycles. The van der Waals surface area contributed by atoms with Crippen molar-refractivity contribution in [3.63, 3.8) is 0 Å². The van der Waals surface area contributed by atoms with Crippen LogP contribution in [0.3, 0.4) is 0 Å². The Bertz CT molecular complexity index is 1230. The fourth-order valence-electron chi connectivity index (χ4n) is 4.85. The van der Waals surface area contributed by atoms with E-state index in [1.807, 2.05) is 74.5 Å². The highest BCUT2D eigenvalue weighted by Gasteiger charge is 2.47. The van der Waals surface area contributed by atoms with Crippen molar-refractivity contribution >= 4 is 28.6 Å². The first-order valence-corrected chi connectivity index (χ1v) is 11.8. The molecule has 1 amide bonds. The molecule has 0 unspecified atom stereocenters. The van der Waals surface area contributed by atoms with E-state index in [1.165, 1.54) is 0 Å². The monoisotopic (exact) mass is 464 g/mol. The lowest BCUT2D eigenvalue weighted by Gasteiger charge is -2.35. The molecule has 4 heterocycles. The van der Waals surface area contributed by atoms with Gasteiger partial charge >= 0.3 is 6.09 Å². The summed E-state index contributed by atoms with van der Waals surface area (Å²) in [6.07, 6.45) is 2.54. The van der Waals surface area contributed by atoms with Crippen LogP contribution in [0.4, 0.5) is 16.4 Å². The Morgan fingerprint density at radius 2 is 1.94 bits per heavy atom. The first-order chi connectivity index (χ1) is 16.1. The van der Waals surface area contributed by atoms with Crippen molar-refractivity contribution in [3.05, 3.63) is 36.5 Å². The van der Waals surface area contributed by atoms with E-state index < -0.39 is 5.60 Å². The molecule has 2 N–H and O–H groups in total. The number of benzene rings is 1. The number of fused-ring (bicyclic) bond motifs is 3. The summed E-state index contributed by atoms with van der Waals surface area (Å²) in [4.78, 5) is 21.4. The van der Waals surface area contributed by atoms with Crippen LogP contribution in [-0.2, 0) is 4.74 Å². The van der Waals surface area contributed by atoms with Gasteiger partial charge in [-0.3, -0.25) is 0 Å². The van der Waals surface area contributed by atoms with Crippen molar-refractivity contribution in [3.8, 4) is 11.4 Å². The molecule has 2 aliphatic rings. The van der Waals surface area contributed by atoms with E-state index in [4.69, 9.17) is 15.2 Å². The minimum Gasteiger partial charge on any atom is -0.491 e. The highest BCUT2D eigenvalue weighted by atomic mass is 16.6. The number of carbonyl (C=O) groups excluding carboxylic acids is 1. The maximum Gasteiger partial charge on any atom is 0.410 e. The van der Waals surface area contributed by atoms with Gasteiger partial charge in [-0.2, -0.15) is 0 Å². The molecule has 2 saturated heterocycles. The molecule has 0 aliphatic carbocycles. The lowest BCUT2D eigenvalue weighted by molar-refractivity contribution is 0.0214. The van der Waals surface area contributed by atoms with Gasteiger partial charge in [-0.15, -0.1) is 5.10 Å². The molecule has 2 atom stereocenters. The molecule has 9 nitrogen and oxygen atoms in total. The van der Waals surface area contributed by atoms with Crippen LogP contribution in [0, 0.1) is 0 Å². The minimum absolute atomic E-state index is 0.0736. The molecule has 5 rings (SSSR count). The van der Waals surface area contributed by atoms with Gasteiger partial charge in [0.15, 0.2) is 5.82 Å². The molecule has 0 radical (unpaired) electrons. The Balaban J connectivity index is 1.40. The van der Waals surface area contributed by atoms with Crippen molar-refractivity contribution in [2.45, 2.75) is 64.8 Å². The zero-order chi connectivity index (χ0) is 24.2. The van der Waals surface area contributed by atoms with Gasteiger partial charge in [0.2, 0.25) is 0 Å². The van der Waals surface area contributed by atoms with Gasteiger partial charge in [0.1, 0.15) is 17.2 Å². The van der Waals surface area contributed by atoms with E-state index in [0.717, 1.165) is 41.1 Å². The Morgan fingerprint density at radius 3 is 2.62 bits per heavy atom. The van der Waals surface area contributed by atoms with Gasteiger partial charge in [-0.25, -0.2) is 14.5 Å². The van der Waals surface area contributed by atoms with Crippen LogP contribution in [0.1, 0.15) is 41.0 Å². The predicted molar refractivity (Wildman–Crippen MR) is 132 cm³/mol. The van der Waals surface area contributed by atoms with E-state index in [9.17, 15) is 4.79 Å². The maximum atomic E-state index is 12.6. The second-order valence-electron chi connectivity index (χ2n) is 10.3. The number of pyridine rings is 1. The average Bonchev–Trinajstić information content (AvgIpc) is 3.45. The summed E-state index contributed by atoms with van der Waals surface area (Å²) in [6.45, 7) is 11.0. The van der Waals surface area contributed by atoms with Gasteiger partial charge in [0.25, 0.3) is 0 Å². The second kappa shape index (κ2) is 8.07. The summed E-state index contributed by atoms with van der Waals surface area (Å²) in [7, 11) is 0. The number of aromatic nitrogens is 3. The van der Waals surface area contributed by atoms with E-state index in [-0.39, 0.29) is 24.3 Å². The van der Waals surface area contributed by atoms with Crippen molar-refractivity contribution in [1.82, 2.24) is 19.7 Å². The largest absolute Gasteiger partial charge is 0.491 e. The Hall–Kier alpha value is -3.49. The van der Waals surface area contributed by atoms with Crippen LogP contribution in [0.15, 0.2) is 36.5 Å². The molecule has 2 aliphatic heterocycles. The first kappa shape index (κ1) is 22.3. The highest BCUT2D eigenvalue weighted by Crippen LogP contribution is 2.36. The summed E-state index contributed by atoms with van der Waals surface area (Å²) in [5.41, 5.74) is 7.47. The van der Waals surface area contributed by atoms with Crippen molar-refractivity contribution in [2.24, 2.45) is 0 Å². The summed E-state index contributed by atoms with van der Waals surface area (Å²) in [6, 6.07) is 10.1. The molecule has 1 aromatic carbocycles. The molecule has 34 heavy (non-hydrogen) atoms. The molecule has 180 valence electrons. The molecule has 0 spiro atoms. The number of amides is 1. The van der Waals surface area contributed by atoms with E-state index in [1.54, 1.807) is 6.20 Å². The smallest absolute Gasteiger partial charge is 0.410 e. The van der Waals surface area contributed by atoms with Gasteiger partial charge in [-0.05, 0) is 59.2 Å². The van der Waals surface area contributed by atoms with Gasteiger partial charge < -0.3 is 25.0 Å². The topological polar surface area (TPSA) is 98.7 Å². The van der Waals surface area contributed by atoms with Gasteiger partial charge in [0, 0.05) is 36.8 Å². The third-order valence-corrected chi connectivity index (χ3v) is 6.19. The number of nitrogen functional groups attached to an aromatic ring is 1. The quantitative estimate of drug-likeness (QED) is 0.623. The summed E-state index contributed by atoms with van der Waals surface area (Å²) >= 11 is 0. The highest BCUT2D eigenvalue weighted by molar-refractivity contribution is 5.91. The van der Waals surface area contributed by atoms with Crippen LogP contribution in [-0.4, -0.2) is 62.6 Å². The van der Waals surface area contributed by atoms with Gasteiger partial charge in [-0.1, -0.05) is 0 Å². The Labute approximate surface area is 199 Å². The number of carbonyl (C=O) groups is 1. The number of nitrogens with zero attached hydrogens (tertiary/aromatic N) is 5. The summed E-state index contributed by atoms with van der Waals surface area (Å²) < 4.78 is 13.3. The molecular formula is C25H32N6O3. The number of nitrogens with two attached hydrogens (primary N) is 1. The Kier molecular flexibility index (Phi) is 5.30. The SMILES string of the molecule is CC(C)Oc1ccc2c(N)nn(-c3ccnc(N4C[C@@H]5C[C@H]4CN5C(=O)OC(C)(C)C)c3)c2c1. The zero-order valence-corrected chi connectivity index (χ0v) is 20.4. The van der Waals surface area contributed by atoms with Crippen LogP contribution in [0.5, 0.6) is 5.75 Å². The zero-order valence-electron chi connectivity index (χ0n) is 20.4. The average molecular weight is 465 g/mol. The fourth-order valence-corrected chi connectivity index (χ4v) is 4.85. The number of hydrogen-bond donors (Lipinski definition) is 1. The number of rotatable bonds is 4. The number of ether oxygens (including phenoxy) is 2. The summed E-state index contributed by atoms with van der Waals surface area (Å²) in [5.74, 6) is 2.11. The molecule has 2 fully saturated rings. The van der Waals surface area contributed by atoms with Crippen LogP contribution in [0.2, 0.25) is 0 Å². The third-order valence-electron chi connectivity index (χ3n) is 6.19. The van der Waals surface area contributed by atoms with Crippen LogP contribution < -0.4 is 15.4 Å². The Morgan fingerprint density at radius 1 is 1.15 bits per heavy atom. The van der Waals surface area contributed by atoms with Crippen molar-refractivity contribution in [1.29, 1.82) is 0 Å². The maximum absolute atomic E-state index is 12.6. The lowest BCUT2D eigenvalue weighted by Crippen LogP contribution is -2.50. The van der Waals surface area contributed by atoms with E-state index in [0.29, 0.717) is 12.4 Å². The number of likely N-dealkylation sites (tertiary alicyclic amines) is 1. The standard InChI is InChI=1S/C25H32N6O3/c1-15(2)33-19-6-7-20-21(12-19)31(28-23(20)26)16-8-9-27-22(11-16)29-13-18-10-17(29)14-30(18)24(32)34-25(3,4)5/h6-9,11-12,15,17-18H,10,13-14H2,1-5H3,(H2,26,28)/t17-,18-/m0/s1. The molecule has 3 aromatic rings. The van der Waals surface area contributed by atoms with Crippen LogP contribution in [0.25, 0.3) is 16.6 Å². The number of hydrogen-bond acceptors (Lipinski definition) is 7. The molecule has 2 bridgehead atoms. The molecule has 9 heteroatoms. The molecular weight excluding hydrogens is 432 g/mol. The third kappa shape index (κ3) is 4.10. The fraction of sp³-hybridized carbons (Fsp3) is 0.480. The minimum atomic E-state index is -0.497. The first-order valence-electron chi connectivity index (χ1n) is 11.8. The lowest BCUT2D eigenvalue weighted by atomic mass is 10.2. The van der Waals surface area contributed by atoms with Crippen molar-refractivity contribution in [2.75, 3.05) is 23.7 Å². The predicted octanol–water partition coefficient (Wildman–Crippen LogP) is 3.99. The molecule has 0 saturated carbocycles. The van der Waals surface area contributed by atoms with E-state index >= 15 is 0 Å². The van der Waals surface area contributed by atoms with E-state index in [2.05, 4.69) is 15.0 Å².